The van der Waals surface area contributed by atoms with Crippen LogP contribution in [0, 0.1) is 0 Å². The topological polar surface area (TPSA) is 113 Å². The minimum absolute atomic E-state index is 0.117. The molecule has 2 amide bonds. The molecule has 2 aromatic rings. The molecule has 10 heteroatoms. The van der Waals surface area contributed by atoms with Gasteiger partial charge in [-0.1, -0.05) is 18.2 Å². The van der Waals surface area contributed by atoms with Gasteiger partial charge in [0.2, 0.25) is 17.8 Å². The van der Waals surface area contributed by atoms with E-state index in [-0.39, 0.29) is 24.9 Å². The van der Waals surface area contributed by atoms with Gasteiger partial charge in [0.25, 0.3) is 5.91 Å². The van der Waals surface area contributed by atoms with Crippen LogP contribution < -0.4 is 20.4 Å². The molecular weight excluding hydrogens is 398 g/mol. The molecule has 2 aliphatic heterocycles. The quantitative estimate of drug-likeness (QED) is 0.654. The lowest BCUT2D eigenvalue weighted by atomic mass is 10.2. The molecule has 164 valence electrons. The highest BCUT2D eigenvalue weighted by Crippen LogP contribution is 2.19. The van der Waals surface area contributed by atoms with Crippen LogP contribution in [0.5, 0.6) is 0 Å². The molecule has 0 aliphatic carbocycles. The number of rotatable bonds is 7. The van der Waals surface area contributed by atoms with E-state index in [0.29, 0.717) is 36.5 Å². The van der Waals surface area contributed by atoms with Crippen molar-refractivity contribution in [2.45, 2.75) is 19.4 Å². The predicted octanol–water partition coefficient (Wildman–Crippen LogP) is 0.355. The minimum Gasteiger partial charge on any atom is -0.378 e. The van der Waals surface area contributed by atoms with E-state index < -0.39 is 0 Å². The molecule has 0 spiro atoms. The highest BCUT2D eigenvalue weighted by Gasteiger charge is 2.21. The van der Waals surface area contributed by atoms with Gasteiger partial charge < -0.3 is 25.2 Å². The average molecular weight is 425 g/mol. The van der Waals surface area contributed by atoms with Crippen molar-refractivity contribution in [3.8, 4) is 0 Å². The fourth-order valence-corrected chi connectivity index (χ4v) is 3.53. The first-order valence-corrected chi connectivity index (χ1v) is 10.6. The molecule has 0 atom stereocenters. The predicted molar refractivity (Wildman–Crippen MR) is 115 cm³/mol. The Morgan fingerprint density at radius 2 is 1.52 bits per heavy atom. The number of carbonyl (C=O) groups excluding carboxylic acids is 2. The van der Waals surface area contributed by atoms with Crippen LogP contribution in [0.1, 0.15) is 29.0 Å². The molecule has 10 nitrogen and oxygen atoms in total. The highest BCUT2D eigenvalue weighted by molar-refractivity contribution is 5.96. The minimum atomic E-state index is -0.305. The van der Waals surface area contributed by atoms with Gasteiger partial charge in [0.15, 0.2) is 5.82 Å². The summed E-state index contributed by atoms with van der Waals surface area (Å²) in [6, 6.07) is 8.79. The van der Waals surface area contributed by atoms with Crippen LogP contribution in [0.2, 0.25) is 0 Å². The number of anilines is 2. The van der Waals surface area contributed by atoms with Gasteiger partial charge in [0, 0.05) is 31.7 Å². The Balaban J connectivity index is 1.37. The Hall–Kier alpha value is -3.27. The Bertz CT molecular complexity index is 897. The number of hydrogen-bond acceptors (Lipinski definition) is 8. The van der Waals surface area contributed by atoms with Crippen LogP contribution in [0.3, 0.4) is 0 Å². The molecular formula is C21H27N7O3. The summed E-state index contributed by atoms with van der Waals surface area (Å²) in [5.41, 5.74) is 0.512. The van der Waals surface area contributed by atoms with Crippen molar-refractivity contribution in [1.29, 1.82) is 0 Å². The zero-order valence-electron chi connectivity index (χ0n) is 17.4. The van der Waals surface area contributed by atoms with Gasteiger partial charge in [0.1, 0.15) is 0 Å². The number of amides is 2. The molecule has 2 fully saturated rings. The van der Waals surface area contributed by atoms with E-state index in [2.05, 4.69) is 35.4 Å². The number of benzene rings is 1. The van der Waals surface area contributed by atoms with Crippen molar-refractivity contribution in [3.05, 3.63) is 41.7 Å². The van der Waals surface area contributed by atoms with Gasteiger partial charge in [-0.25, -0.2) is 0 Å². The van der Waals surface area contributed by atoms with E-state index in [1.54, 1.807) is 24.3 Å². The molecule has 3 heterocycles. The molecule has 1 aromatic carbocycles. The van der Waals surface area contributed by atoms with Crippen molar-refractivity contribution in [2.24, 2.45) is 0 Å². The zero-order valence-corrected chi connectivity index (χ0v) is 17.4. The summed E-state index contributed by atoms with van der Waals surface area (Å²) in [4.78, 5) is 42.4. The monoisotopic (exact) mass is 425 g/mol. The van der Waals surface area contributed by atoms with Gasteiger partial charge >= 0.3 is 0 Å². The van der Waals surface area contributed by atoms with Crippen molar-refractivity contribution < 1.29 is 14.3 Å². The number of carbonyl (C=O) groups is 2. The van der Waals surface area contributed by atoms with Crippen LogP contribution in [-0.4, -0.2) is 72.7 Å². The molecule has 2 aliphatic rings. The van der Waals surface area contributed by atoms with E-state index in [0.717, 1.165) is 39.0 Å². The third kappa shape index (κ3) is 5.66. The number of morpholine rings is 1. The summed E-state index contributed by atoms with van der Waals surface area (Å²) in [6.07, 6.45) is 2.23. The smallest absolute Gasteiger partial charge is 0.251 e. The summed E-state index contributed by atoms with van der Waals surface area (Å²) < 4.78 is 5.42. The van der Waals surface area contributed by atoms with Crippen molar-refractivity contribution >= 4 is 23.7 Å². The van der Waals surface area contributed by atoms with Crippen molar-refractivity contribution in [2.75, 3.05) is 55.7 Å². The highest BCUT2D eigenvalue weighted by atomic mass is 16.5. The second-order valence-corrected chi connectivity index (χ2v) is 7.47. The standard InChI is InChI=1S/C21H27N7O3/c29-18(15-23-19(30)16-6-2-1-3-7-16)22-14-17-24-20(27-8-4-5-9-27)26-21(25-17)28-10-12-31-13-11-28/h1-3,6-7H,4-5,8-15H2,(H,22,29)(H,23,30). The zero-order chi connectivity index (χ0) is 21.5. The third-order valence-corrected chi connectivity index (χ3v) is 5.23. The maximum atomic E-state index is 12.2. The third-order valence-electron chi connectivity index (χ3n) is 5.23. The summed E-state index contributed by atoms with van der Waals surface area (Å²) in [7, 11) is 0. The summed E-state index contributed by atoms with van der Waals surface area (Å²) in [5, 5.41) is 5.41. The lowest BCUT2D eigenvalue weighted by Crippen LogP contribution is -2.39. The van der Waals surface area contributed by atoms with Crippen LogP contribution in [-0.2, 0) is 16.1 Å². The van der Waals surface area contributed by atoms with Crippen LogP contribution in [0.4, 0.5) is 11.9 Å². The molecule has 2 saturated heterocycles. The summed E-state index contributed by atoms with van der Waals surface area (Å²) in [6.45, 7) is 4.61. The number of nitrogens with zero attached hydrogens (tertiary/aromatic N) is 5. The molecule has 0 saturated carbocycles. The molecule has 0 radical (unpaired) electrons. The van der Waals surface area contributed by atoms with Crippen LogP contribution >= 0.6 is 0 Å². The van der Waals surface area contributed by atoms with E-state index >= 15 is 0 Å². The lowest BCUT2D eigenvalue weighted by molar-refractivity contribution is -0.120. The fourth-order valence-electron chi connectivity index (χ4n) is 3.53. The number of aromatic nitrogens is 3. The average Bonchev–Trinajstić information content (AvgIpc) is 3.37. The largest absolute Gasteiger partial charge is 0.378 e. The molecule has 31 heavy (non-hydrogen) atoms. The van der Waals surface area contributed by atoms with Gasteiger partial charge in [-0.05, 0) is 25.0 Å². The summed E-state index contributed by atoms with van der Waals surface area (Å²) in [5.74, 6) is 1.17. The first-order chi connectivity index (χ1) is 15.2. The van der Waals surface area contributed by atoms with Gasteiger partial charge in [-0.3, -0.25) is 9.59 Å². The normalized spacial score (nSPS) is 16.3. The first kappa shape index (κ1) is 21.0. The Labute approximate surface area is 181 Å². The SMILES string of the molecule is O=C(CNC(=O)c1ccccc1)NCc1nc(N2CCCC2)nc(N2CCOCC2)n1. The van der Waals surface area contributed by atoms with E-state index in [1.165, 1.54) is 0 Å². The lowest BCUT2D eigenvalue weighted by Gasteiger charge is -2.28. The fraction of sp³-hybridized carbons (Fsp3) is 0.476. The van der Waals surface area contributed by atoms with Gasteiger partial charge in [0.05, 0.1) is 26.3 Å². The summed E-state index contributed by atoms with van der Waals surface area (Å²) >= 11 is 0. The Morgan fingerprint density at radius 3 is 2.19 bits per heavy atom. The van der Waals surface area contributed by atoms with Gasteiger partial charge in [-0.2, -0.15) is 15.0 Å². The molecule has 1 aromatic heterocycles. The van der Waals surface area contributed by atoms with Crippen LogP contribution in [0.15, 0.2) is 30.3 Å². The van der Waals surface area contributed by atoms with E-state index in [1.807, 2.05) is 6.07 Å². The molecule has 2 N–H and O–H groups in total. The van der Waals surface area contributed by atoms with Crippen molar-refractivity contribution in [3.63, 3.8) is 0 Å². The number of hydrogen-bond donors (Lipinski definition) is 2. The van der Waals surface area contributed by atoms with E-state index in [9.17, 15) is 9.59 Å². The number of ether oxygens (including phenoxy) is 1. The first-order valence-electron chi connectivity index (χ1n) is 10.6. The maximum absolute atomic E-state index is 12.2. The molecule has 0 unspecified atom stereocenters. The Morgan fingerprint density at radius 1 is 0.871 bits per heavy atom. The van der Waals surface area contributed by atoms with Crippen molar-refractivity contribution in [1.82, 2.24) is 25.6 Å². The van der Waals surface area contributed by atoms with E-state index in [4.69, 9.17) is 4.74 Å². The Kier molecular flexibility index (Phi) is 6.88. The molecule has 4 rings (SSSR count). The van der Waals surface area contributed by atoms with Gasteiger partial charge in [-0.15, -0.1) is 0 Å². The second kappa shape index (κ2) is 10.2. The number of nitrogens with one attached hydrogen (secondary N) is 2. The maximum Gasteiger partial charge on any atom is 0.251 e. The molecule has 0 bridgehead atoms. The second-order valence-electron chi connectivity index (χ2n) is 7.47. The van der Waals surface area contributed by atoms with Crippen LogP contribution in [0.25, 0.3) is 0 Å².